The molecule has 4 nitrogen and oxygen atoms in total. The lowest BCUT2D eigenvalue weighted by molar-refractivity contribution is 0.0890. The zero-order valence-corrected chi connectivity index (χ0v) is 14.3. The van der Waals surface area contributed by atoms with E-state index in [2.05, 4.69) is 39.0 Å². The molecular weight excluding hydrogens is 314 g/mol. The first-order chi connectivity index (χ1) is 10.7. The van der Waals surface area contributed by atoms with Crippen LogP contribution >= 0.6 is 22.7 Å². The fourth-order valence-corrected chi connectivity index (χ4v) is 4.09. The van der Waals surface area contributed by atoms with E-state index in [-0.39, 0.29) is 11.9 Å². The van der Waals surface area contributed by atoms with Gasteiger partial charge in [0.25, 0.3) is 5.91 Å². The molecule has 118 valence electrons. The lowest BCUT2D eigenvalue weighted by Crippen LogP contribution is -2.48. The fraction of sp³-hybridized carbons (Fsp3) is 0.438. The van der Waals surface area contributed by atoms with Gasteiger partial charge in [-0.25, -0.2) is 0 Å². The Morgan fingerprint density at radius 2 is 2.09 bits per heavy atom. The molecule has 0 unspecified atom stereocenters. The number of hydrogen-bond acceptors (Lipinski definition) is 5. The van der Waals surface area contributed by atoms with Gasteiger partial charge in [-0.1, -0.05) is 6.07 Å². The van der Waals surface area contributed by atoms with Crippen molar-refractivity contribution in [3.63, 3.8) is 0 Å². The Kier molecular flexibility index (Phi) is 5.25. The Bertz CT molecular complexity index is 575. The molecule has 0 aliphatic carbocycles. The second kappa shape index (κ2) is 7.37. The van der Waals surface area contributed by atoms with Crippen LogP contribution in [0.15, 0.2) is 34.3 Å². The molecule has 0 bridgehead atoms. The Labute approximate surface area is 139 Å². The number of carbonyl (C=O) groups is 1. The van der Waals surface area contributed by atoms with E-state index in [0.29, 0.717) is 6.54 Å². The summed E-state index contributed by atoms with van der Waals surface area (Å²) < 4.78 is 0. The topological polar surface area (TPSA) is 35.6 Å². The summed E-state index contributed by atoms with van der Waals surface area (Å²) in [6.07, 6.45) is 0. The number of piperazine rings is 1. The second-order valence-corrected chi connectivity index (χ2v) is 7.33. The predicted octanol–water partition coefficient (Wildman–Crippen LogP) is 2.53. The summed E-state index contributed by atoms with van der Waals surface area (Å²) in [5.41, 5.74) is 1.31. The summed E-state index contributed by atoms with van der Waals surface area (Å²) in [5, 5.41) is 9.34. The van der Waals surface area contributed by atoms with Gasteiger partial charge in [0.15, 0.2) is 0 Å². The van der Waals surface area contributed by atoms with E-state index in [0.717, 1.165) is 31.1 Å². The van der Waals surface area contributed by atoms with E-state index in [4.69, 9.17) is 0 Å². The summed E-state index contributed by atoms with van der Waals surface area (Å²) in [5.74, 6) is 0.0318. The highest BCUT2D eigenvalue weighted by Gasteiger charge is 2.24. The van der Waals surface area contributed by atoms with Crippen molar-refractivity contribution in [2.24, 2.45) is 0 Å². The first kappa shape index (κ1) is 15.7. The Morgan fingerprint density at radius 1 is 1.27 bits per heavy atom. The Balaban J connectivity index is 1.65. The van der Waals surface area contributed by atoms with Gasteiger partial charge in [0, 0.05) is 32.7 Å². The molecule has 0 spiro atoms. The van der Waals surface area contributed by atoms with Crippen LogP contribution in [0.1, 0.15) is 21.3 Å². The minimum Gasteiger partial charge on any atom is -0.349 e. The minimum absolute atomic E-state index is 0.0318. The van der Waals surface area contributed by atoms with Crippen LogP contribution in [0.5, 0.6) is 0 Å². The lowest BCUT2D eigenvalue weighted by Gasteiger charge is -2.37. The van der Waals surface area contributed by atoms with E-state index in [9.17, 15) is 4.79 Å². The van der Waals surface area contributed by atoms with Gasteiger partial charge in [-0.3, -0.25) is 9.69 Å². The third kappa shape index (κ3) is 3.76. The number of rotatable bonds is 5. The second-order valence-electron chi connectivity index (χ2n) is 5.60. The van der Waals surface area contributed by atoms with Crippen molar-refractivity contribution in [2.75, 3.05) is 39.8 Å². The van der Waals surface area contributed by atoms with Crippen LogP contribution in [0.4, 0.5) is 0 Å². The molecule has 1 saturated heterocycles. The van der Waals surface area contributed by atoms with Crippen LogP contribution in [0, 0.1) is 0 Å². The highest BCUT2D eigenvalue weighted by molar-refractivity contribution is 7.12. The van der Waals surface area contributed by atoms with Gasteiger partial charge in [-0.05, 0) is 40.9 Å². The zero-order chi connectivity index (χ0) is 15.4. The fourth-order valence-electron chi connectivity index (χ4n) is 2.74. The number of hydrogen-bond donors (Lipinski definition) is 1. The van der Waals surface area contributed by atoms with Crippen LogP contribution < -0.4 is 5.32 Å². The first-order valence-electron chi connectivity index (χ1n) is 7.50. The SMILES string of the molecule is CN1CCN([C@@H](CNC(=O)c2cccs2)c2ccsc2)CC1. The van der Waals surface area contributed by atoms with Crippen LogP contribution in [0.2, 0.25) is 0 Å². The van der Waals surface area contributed by atoms with Crippen molar-refractivity contribution >= 4 is 28.6 Å². The van der Waals surface area contributed by atoms with Gasteiger partial charge < -0.3 is 10.2 Å². The third-order valence-corrected chi connectivity index (χ3v) is 5.68. The molecule has 2 aromatic heterocycles. The Hall–Kier alpha value is -1.21. The van der Waals surface area contributed by atoms with Crippen molar-refractivity contribution in [3.8, 4) is 0 Å². The van der Waals surface area contributed by atoms with Gasteiger partial charge in [0.1, 0.15) is 0 Å². The molecule has 3 rings (SSSR count). The van der Waals surface area contributed by atoms with Crippen molar-refractivity contribution in [1.29, 1.82) is 0 Å². The molecule has 1 atom stereocenters. The number of nitrogens with zero attached hydrogens (tertiary/aromatic N) is 2. The number of amides is 1. The van der Waals surface area contributed by atoms with Crippen molar-refractivity contribution in [2.45, 2.75) is 6.04 Å². The maximum absolute atomic E-state index is 12.2. The monoisotopic (exact) mass is 335 g/mol. The normalized spacial score (nSPS) is 18.2. The number of thiophene rings is 2. The smallest absolute Gasteiger partial charge is 0.261 e. The average Bonchev–Trinajstić information content (AvgIpc) is 3.22. The summed E-state index contributed by atoms with van der Waals surface area (Å²) in [6.45, 7) is 4.92. The molecule has 0 aromatic carbocycles. The van der Waals surface area contributed by atoms with Crippen molar-refractivity contribution in [1.82, 2.24) is 15.1 Å². The van der Waals surface area contributed by atoms with E-state index in [1.54, 1.807) is 11.3 Å². The quantitative estimate of drug-likeness (QED) is 0.912. The summed E-state index contributed by atoms with van der Waals surface area (Å²) in [6, 6.07) is 6.22. The van der Waals surface area contributed by atoms with Gasteiger partial charge >= 0.3 is 0 Å². The predicted molar refractivity (Wildman–Crippen MR) is 92.8 cm³/mol. The average molecular weight is 335 g/mol. The molecule has 0 radical (unpaired) electrons. The van der Waals surface area contributed by atoms with Gasteiger partial charge in [-0.2, -0.15) is 11.3 Å². The van der Waals surface area contributed by atoms with E-state index < -0.39 is 0 Å². The number of likely N-dealkylation sites (N-methyl/N-ethyl adjacent to an activating group) is 1. The highest BCUT2D eigenvalue weighted by atomic mass is 32.1. The molecule has 1 fully saturated rings. The molecule has 1 N–H and O–H groups in total. The van der Waals surface area contributed by atoms with Crippen LogP contribution in [0.25, 0.3) is 0 Å². The maximum Gasteiger partial charge on any atom is 0.261 e. The number of carbonyl (C=O) groups excluding carboxylic acids is 1. The van der Waals surface area contributed by atoms with Gasteiger partial charge in [-0.15, -0.1) is 11.3 Å². The lowest BCUT2D eigenvalue weighted by atomic mass is 10.1. The molecule has 0 saturated carbocycles. The summed E-state index contributed by atoms with van der Waals surface area (Å²) in [7, 11) is 2.16. The van der Waals surface area contributed by atoms with Crippen LogP contribution in [0.3, 0.4) is 0 Å². The molecule has 3 heterocycles. The third-order valence-electron chi connectivity index (χ3n) is 4.11. The van der Waals surface area contributed by atoms with Crippen molar-refractivity contribution in [3.05, 3.63) is 44.8 Å². The van der Waals surface area contributed by atoms with E-state index >= 15 is 0 Å². The number of nitrogens with one attached hydrogen (secondary N) is 1. The largest absolute Gasteiger partial charge is 0.349 e. The standard InChI is InChI=1S/C16H21N3OS2/c1-18-5-7-19(8-6-18)14(13-4-10-21-12-13)11-17-16(20)15-3-2-9-22-15/h2-4,9-10,12,14H,5-8,11H2,1H3,(H,17,20)/t14-/m0/s1. The van der Waals surface area contributed by atoms with Crippen LogP contribution in [-0.2, 0) is 0 Å². The molecule has 1 aliphatic heterocycles. The Morgan fingerprint density at radius 3 is 2.73 bits per heavy atom. The molecule has 22 heavy (non-hydrogen) atoms. The van der Waals surface area contributed by atoms with Crippen molar-refractivity contribution < 1.29 is 4.79 Å². The molecule has 2 aromatic rings. The van der Waals surface area contributed by atoms with E-state index in [1.165, 1.54) is 16.9 Å². The van der Waals surface area contributed by atoms with Crippen LogP contribution in [-0.4, -0.2) is 55.5 Å². The maximum atomic E-state index is 12.2. The zero-order valence-electron chi connectivity index (χ0n) is 12.7. The highest BCUT2D eigenvalue weighted by Crippen LogP contribution is 2.24. The molecule has 1 amide bonds. The minimum atomic E-state index is 0.0318. The molecule has 1 aliphatic rings. The summed E-state index contributed by atoms with van der Waals surface area (Å²) in [4.78, 5) is 17.8. The molecule has 6 heteroatoms. The first-order valence-corrected chi connectivity index (χ1v) is 9.32. The van der Waals surface area contributed by atoms with Gasteiger partial charge in [0.05, 0.1) is 10.9 Å². The van der Waals surface area contributed by atoms with Gasteiger partial charge in [0.2, 0.25) is 0 Å². The van der Waals surface area contributed by atoms with E-state index in [1.807, 2.05) is 17.5 Å². The molecular formula is C16H21N3OS2. The summed E-state index contributed by atoms with van der Waals surface area (Å²) >= 11 is 3.20.